The molecule has 0 radical (unpaired) electrons. The minimum atomic E-state index is -3.59. The predicted octanol–water partition coefficient (Wildman–Crippen LogP) is 4.06. The summed E-state index contributed by atoms with van der Waals surface area (Å²) in [5.74, 6) is 0.613. The summed E-state index contributed by atoms with van der Waals surface area (Å²) in [6, 6.07) is 16.4. The van der Waals surface area contributed by atoms with Crippen LogP contribution in [0.2, 0.25) is 0 Å². The summed E-state index contributed by atoms with van der Waals surface area (Å²) in [5, 5.41) is 0. The molecule has 0 saturated heterocycles. The number of nitrogens with zero attached hydrogens (tertiary/aromatic N) is 1. The average molecular weight is 317 g/mol. The van der Waals surface area contributed by atoms with E-state index in [9.17, 15) is 8.42 Å². The highest BCUT2D eigenvalue weighted by Crippen LogP contribution is 2.42. The topological polar surface area (TPSA) is 46.6 Å². The number of ether oxygens (including phenoxy) is 1. The molecule has 0 spiro atoms. The highest BCUT2D eigenvalue weighted by atomic mass is 32.2. The van der Waals surface area contributed by atoms with E-state index < -0.39 is 15.5 Å². The molecule has 22 heavy (non-hydrogen) atoms. The van der Waals surface area contributed by atoms with Gasteiger partial charge in [0.1, 0.15) is 5.75 Å². The summed E-state index contributed by atoms with van der Waals surface area (Å²) in [5.41, 5.74) is 0.378. The van der Waals surface area contributed by atoms with Crippen molar-refractivity contribution in [1.82, 2.24) is 0 Å². The third kappa shape index (κ3) is 2.57. The Hall–Kier alpha value is -2.01. The molecule has 1 aliphatic heterocycles. The third-order valence-electron chi connectivity index (χ3n) is 3.71. The van der Waals surface area contributed by atoms with Crippen molar-refractivity contribution in [3.8, 4) is 5.75 Å². The van der Waals surface area contributed by atoms with Crippen LogP contribution in [-0.4, -0.2) is 13.9 Å². The number of fused-ring (bicyclic) bond motifs is 1. The number of para-hydroxylation sites is 3. The van der Waals surface area contributed by atoms with Crippen LogP contribution >= 0.6 is 0 Å². The largest absolute Gasteiger partial charge is 0.470 e. The fourth-order valence-corrected chi connectivity index (χ4v) is 4.38. The van der Waals surface area contributed by atoms with E-state index in [2.05, 4.69) is 0 Å². The fraction of sp³-hybridized carbons (Fsp3) is 0.294. The molecule has 4 nitrogen and oxygen atoms in total. The Balaban J connectivity index is 2.12. The predicted molar refractivity (Wildman–Crippen MR) is 87.9 cm³/mol. The molecular weight excluding hydrogens is 298 g/mol. The average Bonchev–Trinajstić information content (AvgIpc) is 2.53. The lowest BCUT2D eigenvalue weighted by atomic mass is 10.2. The van der Waals surface area contributed by atoms with Gasteiger partial charge in [0.05, 0.1) is 11.4 Å². The van der Waals surface area contributed by atoms with Gasteiger partial charge in [0.25, 0.3) is 10.0 Å². The van der Waals surface area contributed by atoms with E-state index in [0.29, 0.717) is 23.5 Å². The van der Waals surface area contributed by atoms with Crippen LogP contribution in [0.15, 0.2) is 54.6 Å². The van der Waals surface area contributed by atoms with Crippen molar-refractivity contribution >= 4 is 21.4 Å². The quantitative estimate of drug-likeness (QED) is 0.854. The van der Waals surface area contributed by atoms with Gasteiger partial charge in [-0.2, -0.15) is 0 Å². The van der Waals surface area contributed by atoms with Crippen molar-refractivity contribution in [2.24, 2.45) is 0 Å². The first-order valence-corrected chi connectivity index (χ1v) is 9.00. The zero-order valence-corrected chi connectivity index (χ0v) is 13.3. The summed E-state index contributed by atoms with van der Waals surface area (Å²) in [7, 11) is -3.59. The van der Waals surface area contributed by atoms with Crippen molar-refractivity contribution in [1.29, 1.82) is 0 Å². The van der Waals surface area contributed by atoms with Gasteiger partial charge in [-0.15, -0.1) is 0 Å². The van der Waals surface area contributed by atoms with E-state index in [1.807, 2.05) is 43.3 Å². The van der Waals surface area contributed by atoms with E-state index in [-0.39, 0.29) is 0 Å². The van der Waals surface area contributed by atoms with Gasteiger partial charge in [-0.1, -0.05) is 43.7 Å². The standard InChI is InChI=1S/C17H19NO3S/c1-2-3-13-17-21-16-12-8-7-11-15(16)18(22(17,19)20)14-9-5-4-6-10-14/h4-12,17H,2-3,13H2,1H3. The maximum Gasteiger partial charge on any atom is 0.277 e. The monoisotopic (exact) mass is 317 g/mol. The first-order chi connectivity index (χ1) is 10.6. The number of benzene rings is 2. The van der Waals surface area contributed by atoms with Gasteiger partial charge in [0, 0.05) is 6.42 Å². The van der Waals surface area contributed by atoms with Crippen LogP contribution < -0.4 is 9.04 Å². The van der Waals surface area contributed by atoms with Crippen molar-refractivity contribution in [2.45, 2.75) is 31.6 Å². The zero-order valence-electron chi connectivity index (χ0n) is 12.5. The molecule has 1 unspecified atom stereocenters. The number of sulfonamides is 1. The van der Waals surface area contributed by atoms with Crippen molar-refractivity contribution in [3.63, 3.8) is 0 Å². The second kappa shape index (κ2) is 6.01. The molecule has 5 heteroatoms. The Bertz CT molecular complexity index is 744. The van der Waals surface area contributed by atoms with Gasteiger partial charge in [0.2, 0.25) is 5.44 Å². The lowest BCUT2D eigenvalue weighted by molar-refractivity contribution is 0.254. The Labute approximate surface area is 131 Å². The van der Waals surface area contributed by atoms with Crippen LogP contribution in [-0.2, 0) is 10.0 Å². The Kier molecular flexibility index (Phi) is 4.07. The third-order valence-corrected chi connectivity index (χ3v) is 5.63. The van der Waals surface area contributed by atoms with Gasteiger partial charge >= 0.3 is 0 Å². The van der Waals surface area contributed by atoms with Crippen LogP contribution in [0.5, 0.6) is 5.75 Å². The summed E-state index contributed by atoms with van der Waals surface area (Å²) in [4.78, 5) is 0. The van der Waals surface area contributed by atoms with Crippen LogP contribution in [0, 0.1) is 0 Å². The highest BCUT2D eigenvalue weighted by molar-refractivity contribution is 7.93. The molecule has 2 aromatic carbocycles. The van der Waals surface area contributed by atoms with E-state index in [4.69, 9.17) is 4.74 Å². The van der Waals surface area contributed by atoms with Crippen LogP contribution in [0.4, 0.5) is 11.4 Å². The smallest absolute Gasteiger partial charge is 0.277 e. The van der Waals surface area contributed by atoms with Gasteiger partial charge in [0.15, 0.2) is 0 Å². The zero-order chi connectivity index (χ0) is 15.6. The first-order valence-electron chi connectivity index (χ1n) is 7.49. The van der Waals surface area contributed by atoms with Crippen LogP contribution in [0.25, 0.3) is 0 Å². The van der Waals surface area contributed by atoms with Crippen molar-refractivity contribution in [3.05, 3.63) is 54.6 Å². The Morgan fingerprint density at radius 1 is 1.05 bits per heavy atom. The van der Waals surface area contributed by atoms with E-state index in [1.165, 1.54) is 4.31 Å². The van der Waals surface area contributed by atoms with Gasteiger partial charge in [-0.3, -0.25) is 0 Å². The number of unbranched alkanes of at least 4 members (excludes halogenated alkanes) is 1. The van der Waals surface area contributed by atoms with Gasteiger partial charge < -0.3 is 4.74 Å². The number of hydrogen-bond donors (Lipinski definition) is 0. The summed E-state index contributed by atoms with van der Waals surface area (Å²) in [6.45, 7) is 2.04. The maximum atomic E-state index is 13.0. The number of anilines is 2. The van der Waals surface area contributed by atoms with Crippen LogP contribution in [0.3, 0.4) is 0 Å². The molecule has 2 aromatic rings. The molecule has 0 N–H and O–H groups in total. The molecule has 116 valence electrons. The van der Waals surface area contributed by atoms with E-state index in [0.717, 1.165) is 12.8 Å². The molecule has 0 bridgehead atoms. The molecule has 1 aliphatic rings. The molecular formula is C17H19NO3S. The molecule has 1 heterocycles. The second-order valence-electron chi connectivity index (χ2n) is 5.30. The SMILES string of the molecule is CCCCC1Oc2ccccc2N(c2ccccc2)S1(=O)=O. The summed E-state index contributed by atoms with van der Waals surface area (Å²) < 4.78 is 33.1. The lowest BCUT2D eigenvalue weighted by Gasteiger charge is -2.35. The first kappa shape index (κ1) is 14.9. The van der Waals surface area contributed by atoms with E-state index in [1.54, 1.807) is 18.2 Å². The lowest BCUT2D eigenvalue weighted by Crippen LogP contribution is -2.42. The minimum Gasteiger partial charge on any atom is -0.470 e. The Morgan fingerprint density at radius 3 is 2.45 bits per heavy atom. The number of hydrogen-bond acceptors (Lipinski definition) is 3. The van der Waals surface area contributed by atoms with Crippen molar-refractivity contribution in [2.75, 3.05) is 4.31 Å². The molecule has 3 rings (SSSR count). The minimum absolute atomic E-state index is 0.497. The molecule has 0 aliphatic carbocycles. The Morgan fingerprint density at radius 2 is 1.73 bits per heavy atom. The van der Waals surface area contributed by atoms with E-state index >= 15 is 0 Å². The molecule has 0 amide bonds. The summed E-state index contributed by atoms with van der Waals surface area (Å²) in [6.07, 6.45) is 2.24. The summed E-state index contributed by atoms with van der Waals surface area (Å²) >= 11 is 0. The van der Waals surface area contributed by atoms with Gasteiger partial charge in [-0.25, -0.2) is 12.7 Å². The van der Waals surface area contributed by atoms with Gasteiger partial charge in [-0.05, 0) is 30.7 Å². The fourth-order valence-electron chi connectivity index (χ4n) is 2.61. The normalized spacial score (nSPS) is 19.3. The number of rotatable bonds is 4. The second-order valence-corrected chi connectivity index (χ2v) is 7.22. The molecule has 1 atom stereocenters. The molecule has 0 aromatic heterocycles. The van der Waals surface area contributed by atoms with Crippen LogP contribution in [0.1, 0.15) is 26.2 Å². The molecule has 0 fully saturated rings. The molecule has 0 saturated carbocycles. The maximum absolute atomic E-state index is 13.0. The highest BCUT2D eigenvalue weighted by Gasteiger charge is 2.40. The van der Waals surface area contributed by atoms with Crippen molar-refractivity contribution < 1.29 is 13.2 Å².